The molecule has 1 unspecified atom stereocenters. The number of carbonyl (C=O) groups excluding carboxylic acids is 2. The van der Waals surface area contributed by atoms with Gasteiger partial charge in [-0.1, -0.05) is 59.4 Å². The van der Waals surface area contributed by atoms with E-state index >= 15 is 0 Å². The first-order valence-electron chi connectivity index (χ1n) is 8.57. The van der Waals surface area contributed by atoms with E-state index in [-0.39, 0.29) is 16.4 Å². The van der Waals surface area contributed by atoms with Crippen LogP contribution in [0.5, 0.6) is 5.75 Å². The van der Waals surface area contributed by atoms with Crippen molar-refractivity contribution in [2.75, 3.05) is 13.2 Å². The van der Waals surface area contributed by atoms with E-state index in [4.69, 9.17) is 9.57 Å². The van der Waals surface area contributed by atoms with Crippen molar-refractivity contribution in [2.24, 2.45) is 5.16 Å². The van der Waals surface area contributed by atoms with Gasteiger partial charge in [-0.3, -0.25) is 14.9 Å². The van der Waals surface area contributed by atoms with Gasteiger partial charge in [-0.05, 0) is 36.6 Å². The molecule has 1 aliphatic rings. The normalized spacial score (nSPS) is 16.9. The second kappa shape index (κ2) is 9.23. The summed E-state index contributed by atoms with van der Waals surface area (Å²) < 4.78 is 5.62. The first kappa shape index (κ1) is 19.0. The summed E-state index contributed by atoms with van der Waals surface area (Å²) in [5.41, 5.74) is 2.81. The van der Waals surface area contributed by atoms with Crippen LogP contribution in [0.3, 0.4) is 0 Å². The summed E-state index contributed by atoms with van der Waals surface area (Å²) >= 11 is 1.03. The summed E-state index contributed by atoms with van der Waals surface area (Å²) in [5.74, 6) is 0.486. The largest absolute Gasteiger partial charge is 0.490 e. The van der Waals surface area contributed by atoms with Crippen LogP contribution in [0.1, 0.15) is 18.1 Å². The van der Waals surface area contributed by atoms with Crippen LogP contribution in [-0.2, 0) is 16.1 Å². The van der Waals surface area contributed by atoms with Crippen molar-refractivity contribution in [3.63, 3.8) is 0 Å². The first-order valence-corrected chi connectivity index (χ1v) is 9.45. The summed E-state index contributed by atoms with van der Waals surface area (Å²) in [5, 5.41) is 5.73. The molecule has 0 aliphatic carbocycles. The molecule has 3 rings (SSSR count). The van der Waals surface area contributed by atoms with E-state index in [2.05, 4.69) is 10.5 Å². The van der Waals surface area contributed by atoms with Crippen molar-refractivity contribution in [3.05, 3.63) is 65.7 Å². The lowest BCUT2D eigenvalue weighted by Gasteiger charge is -2.08. The van der Waals surface area contributed by atoms with Gasteiger partial charge < -0.3 is 9.57 Å². The summed E-state index contributed by atoms with van der Waals surface area (Å²) in [4.78, 5) is 28.1. The number of imide groups is 1. The lowest BCUT2D eigenvalue weighted by molar-refractivity contribution is -0.118. The molecule has 7 heteroatoms. The number of hydrogen-bond donors (Lipinski definition) is 1. The molecule has 140 valence electrons. The standard InChI is InChI=1S/C20H20N2O4S/c1-14(16-5-3-2-4-6-16)22-26-12-11-25-17-9-7-15(8-10-17)13-18-19(23)21-20(24)27-18/h2-10,18H,11-13H2,1H3,(H,21,23,24)/b22-14-. The maximum Gasteiger partial charge on any atom is 0.286 e. The average molecular weight is 384 g/mol. The third-order valence-corrected chi connectivity index (χ3v) is 4.93. The van der Waals surface area contributed by atoms with Crippen molar-refractivity contribution in [1.29, 1.82) is 0 Å². The number of thioether (sulfide) groups is 1. The molecule has 0 radical (unpaired) electrons. The zero-order valence-corrected chi connectivity index (χ0v) is 15.7. The Bertz CT molecular complexity index is 822. The van der Waals surface area contributed by atoms with Crippen LogP contribution in [0.15, 0.2) is 59.8 Å². The minimum atomic E-state index is -0.358. The molecule has 1 fully saturated rings. The van der Waals surface area contributed by atoms with Gasteiger partial charge in [0.15, 0.2) is 6.61 Å². The van der Waals surface area contributed by atoms with Crippen LogP contribution < -0.4 is 10.1 Å². The average Bonchev–Trinajstić information content (AvgIpc) is 3.00. The number of ether oxygens (including phenoxy) is 1. The van der Waals surface area contributed by atoms with Gasteiger partial charge in [-0.15, -0.1) is 0 Å². The molecular weight excluding hydrogens is 364 g/mol. The molecule has 1 aliphatic heterocycles. The number of carbonyl (C=O) groups is 2. The molecule has 2 aromatic carbocycles. The van der Waals surface area contributed by atoms with E-state index in [0.29, 0.717) is 25.4 Å². The van der Waals surface area contributed by atoms with E-state index < -0.39 is 0 Å². The van der Waals surface area contributed by atoms with Crippen LogP contribution in [0.25, 0.3) is 0 Å². The van der Waals surface area contributed by atoms with Crippen LogP contribution in [0.4, 0.5) is 4.79 Å². The predicted molar refractivity (Wildman–Crippen MR) is 105 cm³/mol. The van der Waals surface area contributed by atoms with E-state index in [0.717, 1.165) is 28.6 Å². The molecule has 27 heavy (non-hydrogen) atoms. The first-order chi connectivity index (χ1) is 13.1. The Kier molecular flexibility index (Phi) is 6.49. The molecule has 2 aromatic rings. The van der Waals surface area contributed by atoms with Gasteiger partial charge in [0.25, 0.3) is 5.24 Å². The number of rotatable bonds is 8. The lowest BCUT2D eigenvalue weighted by atomic mass is 10.1. The third-order valence-electron chi connectivity index (χ3n) is 3.95. The summed E-state index contributed by atoms with van der Waals surface area (Å²) in [6.45, 7) is 2.61. The van der Waals surface area contributed by atoms with Gasteiger partial charge in [0.05, 0.1) is 11.0 Å². The van der Waals surface area contributed by atoms with Crippen LogP contribution >= 0.6 is 11.8 Å². The monoisotopic (exact) mass is 384 g/mol. The number of hydrogen-bond acceptors (Lipinski definition) is 6. The Morgan fingerprint density at radius 3 is 2.48 bits per heavy atom. The Labute approximate surface area is 161 Å². The highest BCUT2D eigenvalue weighted by Crippen LogP contribution is 2.23. The summed E-state index contributed by atoms with van der Waals surface area (Å²) in [6.07, 6.45) is 0.513. The summed E-state index contributed by atoms with van der Waals surface area (Å²) in [6, 6.07) is 17.3. The fourth-order valence-electron chi connectivity index (χ4n) is 2.53. The molecule has 0 saturated carbocycles. The predicted octanol–water partition coefficient (Wildman–Crippen LogP) is 3.40. The van der Waals surface area contributed by atoms with Crippen LogP contribution in [0.2, 0.25) is 0 Å². The minimum absolute atomic E-state index is 0.228. The van der Waals surface area contributed by atoms with E-state index in [1.807, 2.05) is 61.5 Å². The maximum atomic E-state index is 11.6. The van der Waals surface area contributed by atoms with Crippen LogP contribution in [0, 0.1) is 0 Å². The molecule has 0 aromatic heterocycles. The van der Waals surface area contributed by atoms with E-state index in [1.54, 1.807) is 0 Å². The number of benzene rings is 2. The van der Waals surface area contributed by atoms with Gasteiger partial charge in [-0.25, -0.2) is 0 Å². The second-order valence-electron chi connectivity index (χ2n) is 5.96. The van der Waals surface area contributed by atoms with E-state index in [9.17, 15) is 9.59 Å². The number of nitrogens with one attached hydrogen (secondary N) is 1. The molecule has 6 nitrogen and oxygen atoms in total. The number of oxime groups is 1. The van der Waals surface area contributed by atoms with Crippen molar-refractivity contribution >= 4 is 28.6 Å². The van der Waals surface area contributed by atoms with Gasteiger partial charge in [-0.2, -0.15) is 0 Å². The van der Waals surface area contributed by atoms with Crippen molar-refractivity contribution in [3.8, 4) is 5.75 Å². The Morgan fingerprint density at radius 2 is 1.81 bits per heavy atom. The number of nitrogens with zero attached hydrogens (tertiary/aromatic N) is 1. The topological polar surface area (TPSA) is 77.0 Å². The SMILES string of the molecule is C/C(=N/OCCOc1ccc(CC2SC(=O)NC2=O)cc1)c1ccccc1. The van der Waals surface area contributed by atoms with Gasteiger partial charge in [0.2, 0.25) is 5.91 Å². The molecule has 0 spiro atoms. The number of amides is 2. The fraction of sp³-hybridized carbons (Fsp3) is 0.250. The third kappa shape index (κ3) is 5.59. The zero-order chi connectivity index (χ0) is 19.1. The van der Waals surface area contributed by atoms with Crippen molar-refractivity contribution in [1.82, 2.24) is 5.32 Å². The smallest absolute Gasteiger partial charge is 0.286 e. The fourth-order valence-corrected chi connectivity index (χ4v) is 3.39. The lowest BCUT2D eigenvalue weighted by Crippen LogP contribution is -2.25. The molecule has 0 bridgehead atoms. The quantitative estimate of drug-likeness (QED) is 0.429. The molecule has 1 heterocycles. The zero-order valence-electron chi connectivity index (χ0n) is 14.9. The molecule has 2 amide bonds. The highest BCUT2D eigenvalue weighted by molar-refractivity contribution is 8.15. The molecule has 1 atom stereocenters. The Morgan fingerprint density at radius 1 is 1.07 bits per heavy atom. The molecule has 1 N–H and O–H groups in total. The van der Waals surface area contributed by atoms with Crippen LogP contribution in [-0.4, -0.2) is 35.3 Å². The van der Waals surface area contributed by atoms with Crippen molar-refractivity contribution < 1.29 is 19.2 Å². The highest BCUT2D eigenvalue weighted by atomic mass is 32.2. The van der Waals surface area contributed by atoms with Gasteiger partial charge in [0, 0.05) is 0 Å². The maximum absolute atomic E-state index is 11.6. The van der Waals surface area contributed by atoms with E-state index in [1.165, 1.54) is 0 Å². The Hall–Kier alpha value is -2.80. The van der Waals surface area contributed by atoms with Gasteiger partial charge in [0.1, 0.15) is 12.4 Å². The minimum Gasteiger partial charge on any atom is -0.490 e. The Balaban J connectivity index is 1.40. The second-order valence-corrected chi connectivity index (χ2v) is 7.13. The van der Waals surface area contributed by atoms with Gasteiger partial charge >= 0.3 is 0 Å². The molecule has 1 saturated heterocycles. The molecular formula is C20H20N2O4S. The highest BCUT2D eigenvalue weighted by Gasteiger charge is 2.31. The summed E-state index contributed by atoms with van der Waals surface area (Å²) in [7, 11) is 0. The van der Waals surface area contributed by atoms with Crippen molar-refractivity contribution in [2.45, 2.75) is 18.6 Å².